The van der Waals surface area contributed by atoms with Crippen molar-refractivity contribution >= 4 is 33.5 Å². The van der Waals surface area contributed by atoms with Crippen molar-refractivity contribution in [3.8, 4) is 0 Å². The van der Waals surface area contributed by atoms with Gasteiger partial charge in [0.15, 0.2) is 0 Å². The number of cyclic esters (lactones) is 1. The standard InChI is InChI=1S/C16H19BrN2O3/c17-12-1-3-13(4-2-12)18-15(20)11-5-8-19(9-6-11)14-7-10-22-16(14)21/h1-4,11,14H,5-10H2,(H,18,20). The van der Waals surface area contributed by atoms with Crippen molar-refractivity contribution in [2.45, 2.75) is 25.3 Å². The molecule has 2 aliphatic rings. The van der Waals surface area contributed by atoms with Gasteiger partial charge in [0.1, 0.15) is 6.04 Å². The number of carbonyl (C=O) groups excluding carboxylic acids is 2. The first-order valence-corrected chi connectivity index (χ1v) is 8.40. The summed E-state index contributed by atoms with van der Waals surface area (Å²) in [5.41, 5.74) is 0.815. The molecule has 0 aliphatic carbocycles. The van der Waals surface area contributed by atoms with Crippen molar-refractivity contribution in [3.63, 3.8) is 0 Å². The Bertz CT molecular complexity index is 553. The van der Waals surface area contributed by atoms with Crippen molar-refractivity contribution < 1.29 is 14.3 Å². The number of halogens is 1. The molecule has 2 heterocycles. The zero-order valence-electron chi connectivity index (χ0n) is 12.3. The summed E-state index contributed by atoms with van der Waals surface area (Å²) in [4.78, 5) is 26.1. The van der Waals surface area contributed by atoms with Crippen LogP contribution in [0.25, 0.3) is 0 Å². The van der Waals surface area contributed by atoms with Crippen LogP contribution in [0, 0.1) is 5.92 Å². The average molecular weight is 367 g/mol. The monoisotopic (exact) mass is 366 g/mol. The van der Waals surface area contributed by atoms with Crippen molar-refractivity contribution in [1.82, 2.24) is 4.90 Å². The molecular weight excluding hydrogens is 348 g/mol. The summed E-state index contributed by atoms with van der Waals surface area (Å²) in [6, 6.07) is 7.47. The molecule has 1 aromatic rings. The van der Waals surface area contributed by atoms with Crippen molar-refractivity contribution in [3.05, 3.63) is 28.7 Å². The number of carbonyl (C=O) groups is 2. The highest BCUT2D eigenvalue weighted by Crippen LogP contribution is 2.24. The molecule has 0 spiro atoms. The zero-order valence-corrected chi connectivity index (χ0v) is 13.8. The Balaban J connectivity index is 1.51. The van der Waals surface area contributed by atoms with Gasteiger partial charge < -0.3 is 10.1 Å². The lowest BCUT2D eigenvalue weighted by Crippen LogP contribution is -2.45. The fourth-order valence-corrected chi connectivity index (χ4v) is 3.33. The molecule has 1 atom stereocenters. The molecule has 1 unspecified atom stereocenters. The summed E-state index contributed by atoms with van der Waals surface area (Å²) in [7, 11) is 0. The Kier molecular flexibility index (Phi) is 4.78. The predicted molar refractivity (Wildman–Crippen MR) is 86.4 cm³/mol. The van der Waals surface area contributed by atoms with Gasteiger partial charge in [0, 0.05) is 22.5 Å². The summed E-state index contributed by atoms with van der Waals surface area (Å²) < 4.78 is 6.01. The van der Waals surface area contributed by atoms with E-state index in [4.69, 9.17) is 4.74 Å². The number of benzene rings is 1. The molecule has 2 aliphatic heterocycles. The van der Waals surface area contributed by atoms with Gasteiger partial charge in [-0.25, -0.2) is 0 Å². The average Bonchev–Trinajstić information content (AvgIpc) is 2.96. The van der Waals surface area contributed by atoms with Crippen LogP contribution >= 0.6 is 15.9 Å². The topological polar surface area (TPSA) is 58.6 Å². The molecule has 1 amide bonds. The summed E-state index contributed by atoms with van der Waals surface area (Å²) in [5, 5.41) is 2.96. The highest BCUT2D eigenvalue weighted by molar-refractivity contribution is 9.10. The van der Waals surface area contributed by atoms with Gasteiger partial charge in [0.25, 0.3) is 0 Å². The van der Waals surface area contributed by atoms with Crippen molar-refractivity contribution in [2.75, 3.05) is 25.0 Å². The van der Waals surface area contributed by atoms with E-state index in [1.165, 1.54) is 0 Å². The molecule has 22 heavy (non-hydrogen) atoms. The van der Waals surface area contributed by atoms with Crippen LogP contribution < -0.4 is 5.32 Å². The fourth-order valence-electron chi connectivity index (χ4n) is 3.07. The molecule has 1 N–H and O–H groups in total. The number of hydrogen-bond acceptors (Lipinski definition) is 4. The number of ether oxygens (including phenoxy) is 1. The minimum atomic E-state index is -0.113. The van der Waals surface area contributed by atoms with Gasteiger partial charge >= 0.3 is 5.97 Å². The van der Waals surface area contributed by atoms with Gasteiger partial charge in [-0.15, -0.1) is 0 Å². The normalized spacial score (nSPS) is 23.3. The number of hydrogen-bond donors (Lipinski definition) is 1. The van der Waals surface area contributed by atoms with Crippen molar-refractivity contribution in [2.24, 2.45) is 5.92 Å². The van der Waals surface area contributed by atoms with E-state index in [0.717, 1.165) is 42.5 Å². The smallest absolute Gasteiger partial charge is 0.323 e. The Labute approximate surface area is 138 Å². The lowest BCUT2D eigenvalue weighted by molar-refractivity contribution is -0.142. The Hall–Kier alpha value is -1.40. The number of esters is 1. The Morgan fingerprint density at radius 1 is 1.18 bits per heavy atom. The van der Waals surface area contributed by atoms with Gasteiger partial charge in [-0.2, -0.15) is 0 Å². The van der Waals surface area contributed by atoms with Gasteiger partial charge in [-0.1, -0.05) is 15.9 Å². The van der Waals surface area contributed by atoms with Crippen molar-refractivity contribution in [1.29, 1.82) is 0 Å². The molecule has 1 aromatic carbocycles. The highest BCUT2D eigenvalue weighted by Gasteiger charge is 2.35. The number of likely N-dealkylation sites (tertiary alicyclic amines) is 1. The maximum absolute atomic E-state index is 12.3. The largest absolute Gasteiger partial charge is 0.464 e. The molecule has 0 radical (unpaired) electrons. The molecule has 2 fully saturated rings. The first-order valence-electron chi connectivity index (χ1n) is 7.60. The van der Waals surface area contributed by atoms with Gasteiger partial charge in [-0.05, 0) is 50.2 Å². The van der Waals surface area contributed by atoms with E-state index in [1.807, 2.05) is 24.3 Å². The Morgan fingerprint density at radius 3 is 2.45 bits per heavy atom. The number of nitrogens with zero attached hydrogens (tertiary/aromatic N) is 1. The first-order chi connectivity index (χ1) is 10.6. The minimum absolute atomic E-state index is 0.0114. The van der Waals surface area contributed by atoms with Crippen LogP contribution in [0.2, 0.25) is 0 Å². The third-order valence-electron chi connectivity index (χ3n) is 4.36. The lowest BCUT2D eigenvalue weighted by atomic mass is 9.94. The van der Waals surface area contributed by atoms with E-state index in [2.05, 4.69) is 26.1 Å². The van der Waals surface area contributed by atoms with Gasteiger partial charge in [0.05, 0.1) is 6.61 Å². The van der Waals surface area contributed by atoms with Gasteiger partial charge in [0.2, 0.25) is 5.91 Å². The Morgan fingerprint density at radius 2 is 1.86 bits per heavy atom. The number of piperidine rings is 1. The second kappa shape index (κ2) is 6.79. The van der Waals surface area contributed by atoms with E-state index < -0.39 is 0 Å². The SMILES string of the molecule is O=C(Nc1ccc(Br)cc1)C1CCN(C2CCOC2=O)CC1. The lowest BCUT2D eigenvalue weighted by Gasteiger charge is -2.33. The van der Waals surface area contributed by atoms with Crippen LogP contribution in [0.1, 0.15) is 19.3 Å². The molecule has 118 valence electrons. The molecule has 2 saturated heterocycles. The second-order valence-corrected chi connectivity index (χ2v) is 6.69. The second-order valence-electron chi connectivity index (χ2n) is 5.78. The van der Waals surface area contributed by atoms with E-state index in [9.17, 15) is 9.59 Å². The van der Waals surface area contributed by atoms with Crippen LogP contribution in [0.5, 0.6) is 0 Å². The zero-order chi connectivity index (χ0) is 15.5. The molecular formula is C16H19BrN2O3. The predicted octanol–water partition coefficient (Wildman–Crippen LogP) is 2.42. The number of amides is 1. The number of anilines is 1. The van der Waals surface area contributed by atoms with E-state index in [-0.39, 0.29) is 23.8 Å². The van der Waals surface area contributed by atoms with Crippen LogP contribution in [0.4, 0.5) is 5.69 Å². The van der Waals surface area contributed by atoms with Crippen LogP contribution in [0.3, 0.4) is 0 Å². The van der Waals surface area contributed by atoms with Crippen LogP contribution in [-0.2, 0) is 14.3 Å². The third-order valence-corrected chi connectivity index (χ3v) is 4.89. The molecule has 3 rings (SSSR count). The summed E-state index contributed by atoms with van der Waals surface area (Å²) >= 11 is 3.38. The van der Waals surface area contributed by atoms with Gasteiger partial charge in [-0.3, -0.25) is 14.5 Å². The summed E-state index contributed by atoms with van der Waals surface area (Å²) in [6.45, 7) is 2.07. The minimum Gasteiger partial charge on any atom is -0.464 e. The van der Waals surface area contributed by atoms with Crippen LogP contribution in [-0.4, -0.2) is 42.5 Å². The summed E-state index contributed by atoms with van der Waals surface area (Å²) in [6.07, 6.45) is 2.34. The maximum Gasteiger partial charge on any atom is 0.323 e. The number of nitrogens with one attached hydrogen (secondary N) is 1. The molecule has 0 aromatic heterocycles. The van der Waals surface area contributed by atoms with E-state index >= 15 is 0 Å². The molecule has 0 saturated carbocycles. The van der Waals surface area contributed by atoms with E-state index in [0.29, 0.717) is 6.61 Å². The number of rotatable bonds is 3. The quantitative estimate of drug-likeness (QED) is 0.834. The highest BCUT2D eigenvalue weighted by atomic mass is 79.9. The molecule has 6 heteroatoms. The van der Waals surface area contributed by atoms with E-state index in [1.54, 1.807) is 0 Å². The third kappa shape index (κ3) is 3.50. The first kappa shape index (κ1) is 15.5. The summed E-state index contributed by atoms with van der Waals surface area (Å²) in [5.74, 6) is -0.0361. The fraction of sp³-hybridized carbons (Fsp3) is 0.500. The maximum atomic E-state index is 12.3. The molecule has 0 bridgehead atoms. The molecule has 5 nitrogen and oxygen atoms in total. The van der Waals surface area contributed by atoms with Crippen LogP contribution in [0.15, 0.2) is 28.7 Å².